The van der Waals surface area contributed by atoms with Crippen LogP contribution in [0.5, 0.6) is 11.5 Å². The Kier molecular flexibility index (Phi) is 5.43. The zero-order chi connectivity index (χ0) is 20.4. The zero-order valence-electron chi connectivity index (χ0n) is 16.3. The van der Waals surface area contributed by atoms with Crippen molar-refractivity contribution in [2.45, 2.75) is 26.3 Å². The van der Waals surface area contributed by atoms with Crippen LogP contribution < -0.4 is 31.4 Å². The third-order valence-electron chi connectivity index (χ3n) is 4.63. The van der Waals surface area contributed by atoms with Crippen LogP contribution >= 0.6 is 0 Å². The van der Waals surface area contributed by atoms with E-state index in [4.69, 9.17) is 9.47 Å². The molecule has 9 heteroatoms. The van der Waals surface area contributed by atoms with E-state index >= 15 is 0 Å². The number of nitrogens with zero attached hydrogens (tertiary/aromatic N) is 1. The Morgan fingerprint density at radius 2 is 1.93 bits per heavy atom. The number of fused-ring (bicyclic) bond motifs is 1. The zero-order valence-corrected chi connectivity index (χ0v) is 16.3. The molecule has 3 rings (SSSR count). The van der Waals surface area contributed by atoms with E-state index in [-0.39, 0.29) is 11.4 Å². The molecule has 1 aromatic heterocycles. The van der Waals surface area contributed by atoms with Crippen molar-refractivity contribution < 1.29 is 14.3 Å². The number of urea groups is 1. The quantitative estimate of drug-likeness (QED) is 0.697. The van der Waals surface area contributed by atoms with Crippen molar-refractivity contribution in [3.63, 3.8) is 0 Å². The van der Waals surface area contributed by atoms with Crippen LogP contribution in [0.4, 0.5) is 10.6 Å². The van der Waals surface area contributed by atoms with Gasteiger partial charge in [-0.15, -0.1) is 0 Å². The maximum Gasteiger partial charge on any atom is 0.329 e. The van der Waals surface area contributed by atoms with Gasteiger partial charge in [-0.1, -0.05) is 19.9 Å². The summed E-state index contributed by atoms with van der Waals surface area (Å²) in [4.78, 5) is 38.7. The second-order valence-electron chi connectivity index (χ2n) is 7.05. The van der Waals surface area contributed by atoms with Gasteiger partial charge in [0.25, 0.3) is 5.56 Å². The molecule has 0 saturated carbocycles. The number of aromatic amines is 1. The van der Waals surface area contributed by atoms with Crippen molar-refractivity contribution in [2.24, 2.45) is 13.0 Å². The second kappa shape index (κ2) is 7.79. The fourth-order valence-electron chi connectivity index (χ4n) is 3.04. The average molecular weight is 388 g/mol. The van der Waals surface area contributed by atoms with Gasteiger partial charge in [-0.05, 0) is 30.0 Å². The summed E-state index contributed by atoms with van der Waals surface area (Å²) in [7, 11) is 3.01. The van der Waals surface area contributed by atoms with Crippen molar-refractivity contribution in [1.29, 1.82) is 0 Å². The van der Waals surface area contributed by atoms with Gasteiger partial charge in [0, 0.05) is 7.05 Å². The summed E-state index contributed by atoms with van der Waals surface area (Å²) in [5.41, 5.74) is -0.284. The van der Waals surface area contributed by atoms with Crippen LogP contribution in [0, 0.1) is 5.92 Å². The van der Waals surface area contributed by atoms with E-state index in [0.717, 1.165) is 6.42 Å². The van der Waals surface area contributed by atoms with Crippen LogP contribution in [0.1, 0.15) is 37.4 Å². The topological polar surface area (TPSA) is 114 Å². The highest BCUT2D eigenvalue weighted by Gasteiger charge is 2.31. The van der Waals surface area contributed by atoms with Crippen LogP contribution in [0.3, 0.4) is 0 Å². The summed E-state index contributed by atoms with van der Waals surface area (Å²) in [6, 6.07) is 3.98. The molecule has 2 heterocycles. The summed E-state index contributed by atoms with van der Waals surface area (Å²) < 4.78 is 12.4. The van der Waals surface area contributed by atoms with Gasteiger partial charge in [-0.3, -0.25) is 19.7 Å². The smallest absolute Gasteiger partial charge is 0.329 e. The molecule has 3 N–H and O–H groups in total. The SMILES string of the molecule is COc1cc([C@H]2NC(=O)Nc3c2c(=O)[nH]c(=O)n3C)ccc1OCCC(C)C. The van der Waals surface area contributed by atoms with E-state index in [2.05, 4.69) is 29.5 Å². The van der Waals surface area contributed by atoms with Gasteiger partial charge in [0.15, 0.2) is 11.5 Å². The normalized spacial score (nSPS) is 15.6. The summed E-state index contributed by atoms with van der Waals surface area (Å²) in [6.45, 7) is 4.79. The first-order valence-electron chi connectivity index (χ1n) is 9.03. The van der Waals surface area contributed by atoms with Crippen molar-refractivity contribution in [1.82, 2.24) is 14.9 Å². The molecule has 0 bridgehead atoms. The van der Waals surface area contributed by atoms with Gasteiger partial charge < -0.3 is 14.8 Å². The maximum absolute atomic E-state index is 12.4. The lowest BCUT2D eigenvalue weighted by Crippen LogP contribution is -2.46. The Morgan fingerprint density at radius 1 is 1.18 bits per heavy atom. The first kappa shape index (κ1) is 19.5. The molecule has 1 aliphatic heterocycles. The number of anilines is 1. The molecule has 0 radical (unpaired) electrons. The highest BCUT2D eigenvalue weighted by Crippen LogP contribution is 2.34. The van der Waals surface area contributed by atoms with Crippen molar-refractivity contribution in [2.75, 3.05) is 19.0 Å². The lowest BCUT2D eigenvalue weighted by atomic mass is 9.98. The standard InChI is InChI=1S/C19H24N4O5/c1-10(2)7-8-28-12-6-5-11(9-13(12)27-4)15-14-16(21-18(25)20-15)23(3)19(26)22-17(14)24/h5-6,9-10,15H,7-8H2,1-4H3,(H2,20,21,25)(H,22,24,26)/t15-/m1/s1. The number of methoxy groups -OCH3 is 1. The molecule has 0 aliphatic carbocycles. The van der Waals surface area contributed by atoms with E-state index in [9.17, 15) is 14.4 Å². The molecule has 2 aromatic rings. The number of ether oxygens (including phenoxy) is 2. The predicted molar refractivity (Wildman–Crippen MR) is 104 cm³/mol. The van der Waals surface area contributed by atoms with Crippen LogP contribution in [-0.4, -0.2) is 29.3 Å². The van der Waals surface area contributed by atoms with Crippen LogP contribution in [0.15, 0.2) is 27.8 Å². The van der Waals surface area contributed by atoms with Gasteiger partial charge in [0.05, 0.1) is 25.3 Å². The minimum atomic E-state index is -0.738. The Morgan fingerprint density at radius 3 is 2.61 bits per heavy atom. The Hall–Kier alpha value is -3.23. The fourth-order valence-corrected chi connectivity index (χ4v) is 3.04. The first-order chi connectivity index (χ1) is 13.3. The van der Waals surface area contributed by atoms with Gasteiger partial charge >= 0.3 is 11.7 Å². The van der Waals surface area contributed by atoms with E-state index in [1.165, 1.54) is 18.7 Å². The number of benzene rings is 1. The number of carbonyl (C=O) groups is 1. The van der Waals surface area contributed by atoms with E-state index in [0.29, 0.717) is 29.6 Å². The largest absolute Gasteiger partial charge is 0.493 e. The molecule has 0 fully saturated rings. The molecule has 150 valence electrons. The lowest BCUT2D eigenvalue weighted by molar-refractivity contribution is 0.248. The number of H-pyrrole nitrogens is 1. The summed E-state index contributed by atoms with van der Waals surface area (Å²) >= 11 is 0. The predicted octanol–water partition coefficient (Wildman–Crippen LogP) is 1.73. The Balaban J connectivity index is 2.01. The maximum atomic E-state index is 12.4. The number of hydrogen-bond donors (Lipinski definition) is 3. The highest BCUT2D eigenvalue weighted by atomic mass is 16.5. The summed E-state index contributed by atoms with van der Waals surface area (Å²) in [5.74, 6) is 1.77. The summed E-state index contributed by atoms with van der Waals surface area (Å²) in [6.07, 6.45) is 0.909. The third-order valence-corrected chi connectivity index (χ3v) is 4.63. The molecule has 9 nitrogen and oxygen atoms in total. The molecule has 0 saturated heterocycles. The van der Waals surface area contributed by atoms with Gasteiger partial charge in [0.1, 0.15) is 5.82 Å². The molecule has 0 unspecified atom stereocenters. The van der Waals surface area contributed by atoms with Crippen LogP contribution in [0.2, 0.25) is 0 Å². The molecular weight excluding hydrogens is 364 g/mol. The fraction of sp³-hybridized carbons (Fsp3) is 0.421. The Bertz CT molecular complexity index is 1010. The van der Waals surface area contributed by atoms with Crippen molar-refractivity contribution in [3.8, 4) is 11.5 Å². The second-order valence-corrected chi connectivity index (χ2v) is 7.05. The lowest BCUT2D eigenvalue weighted by Gasteiger charge is -2.28. The van der Waals surface area contributed by atoms with E-state index < -0.39 is 23.3 Å². The molecule has 28 heavy (non-hydrogen) atoms. The van der Waals surface area contributed by atoms with Crippen LogP contribution in [0.25, 0.3) is 0 Å². The van der Waals surface area contributed by atoms with Crippen LogP contribution in [-0.2, 0) is 7.05 Å². The molecule has 1 aliphatic rings. The third kappa shape index (κ3) is 3.73. The monoisotopic (exact) mass is 388 g/mol. The number of hydrogen-bond acceptors (Lipinski definition) is 5. The Labute approximate surface area is 161 Å². The summed E-state index contributed by atoms with van der Waals surface area (Å²) in [5, 5.41) is 5.25. The molecule has 0 spiro atoms. The molecule has 1 atom stereocenters. The van der Waals surface area contributed by atoms with Gasteiger partial charge in [-0.25, -0.2) is 9.59 Å². The molecule has 2 amide bonds. The van der Waals surface area contributed by atoms with Crippen molar-refractivity contribution >= 4 is 11.8 Å². The number of aromatic nitrogens is 2. The number of rotatable bonds is 6. The van der Waals surface area contributed by atoms with E-state index in [1.54, 1.807) is 18.2 Å². The number of amides is 2. The highest BCUT2D eigenvalue weighted by molar-refractivity contribution is 5.92. The minimum absolute atomic E-state index is 0.165. The number of carbonyl (C=O) groups excluding carboxylic acids is 1. The number of nitrogens with one attached hydrogen (secondary N) is 3. The van der Waals surface area contributed by atoms with Gasteiger partial charge in [0.2, 0.25) is 0 Å². The van der Waals surface area contributed by atoms with Gasteiger partial charge in [-0.2, -0.15) is 0 Å². The van der Waals surface area contributed by atoms with Crippen molar-refractivity contribution in [3.05, 3.63) is 50.2 Å². The molecule has 1 aromatic carbocycles. The molecular formula is C19H24N4O5. The minimum Gasteiger partial charge on any atom is -0.493 e. The van der Waals surface area contributed by atoms with E-state index in [1.807, 2.05) is 0 Å². The average Bonchev–Trinajstić information content (AvgIpc) is 2.65. The first-order valence-corrected chi connectivity index (χ1v) is 9.03.